The number of thiophene rings is 1. The number of rotatable bonds is 1. The number of benzene rings is 1. The van der Waals surface area contributed by atoms with Gasteiger partial charge in [-0.15, -0.1) is 11.3 Å². The molecular formula is C17H17N3S. The standard InChI is InChI=1S/C17H17N3S/c1-11-13-6-9-21-16(13)5-8-20(11)15-3-2-12-10-19-7-4-14(12)17(15)18/h2-4,6-7,9-11H,5,8,18H2,1H3. The first kappa shape index (κ1) is 12.7. The molecule has 0 fully saturated rings. The highest BCUT2D eigenvalue weighted by Gasteiger charge is 2.26. The minimum absolute atomic E-state index is 0.376. The molecule has 0 amide bonds. The van der Waals surface area contributed by atoms with Crippen LogP contribution in [0.5, 0.6) is 0 Å². The molecule has 2 N–H and O–H groups in total. The van der Waals surface area contributed by atoms with Gasteiger partial charge in [0.1, 0.15) is 0 Å². The fourth-order valence-corrected chi connectivity index (χ4v) is 4.23. The lowest BCUT2D eigenvalue weighted by Gasteiger charge is -2.36. The number of pyridine rings is 1. The second kappa shape index (κ2) is 4.74. The van der Waals surface area contributed by atoms with Gasteiger partial charge < -0.3 is 10.6 Å². The predicted octanol–water partition coefficient (Wildman–Crippen LogP) is 4.00. The molecule has 3 heterocycles. The molecule has 1 aromatic carbocycles. The first-order valence-electron chi connectivity index (χ1n) is 7.21. The first-order chi connectivity index (χ1) is 10.3. The second-order valence-corrected chi connectivity index (χ2v) is 6.51. The normalized spacial score (nSPS) is 18.0. The van der Waals surface area contributed by atoms with Crippen LogP contribution in [-0.4, -0.2) is 11.5 Å². The van der Waals surface area contributed by atoms with E-state index in [4.69, 9.17) is 5.73 Å². The zero-order valence-electron chi connectivity index (χ0n) is 11.9. The largest absolute Gasteiger partial charge is 0.397 e. The molecule has 1 aliphatic rings. The summed E-state index contributed by atoms with van der Waals surface area (Å²) < 4.78 is 0. The Labute approximate surface area is 128 Å². The molecule has 4 heteroatoms. The van der Waals surface area contributed by atoms with Crippen LogP contribution in [0, 0.1) is 0 Å². The van der Waals surface area contributed by atoms with Gasteiger partial charge in [-0.3, -0.25) is 4.98 Å². The van der Waals surface area contributed by atoms with Crippen LogP contribution in [-0.2, 0) is 6.42 Å². The van der Waals surface area contributed by atoms with E-state index in [0.717, 1.165) is 35.1 Å². The van der Waals surface area contributed by atoms with Crippen molar-refractivity contribution in [3.8, 4) is 0 Å². The maximum atomic E-state index is 6.44. The zero-order valence-corrected chi connectivity index (χ0v) is 12.7. The van der Waals surface area contributed by atoms with E-state index in [2.05, 4.69) is 40.4 Å². The Bertz CT molecular complexity index is 809. The Balaban J connectivity index is 1.82. The van der Waals surface area contributed by atoms with Crippen molar-refractivity contribution in [2.24, 2.45) is 0 Å². The summed E-state index contributed by atoms with van der Waals surface area (Å²) in [6, 6.07) is 8.87. The summed E-state index contributed by atoms with van der Waals surface area (Å²) in [4.78, 5) is 8.10. The average molecular weight is 295 g/mol. The van der Waals surface area contributed by atoms with Crippen molar-refractivity contribution < 1.29 is 0 Å². The predicted molar refractivity (Wildman–Crippen MR) is 89.9 cm³/mol. The third kappa shape index (κ3) is 1.90. The number of nitrogens with zero attached hydrogens (tertiary/aromatic N) is 2. The average Bonchev–Trinajstić information content (AvgIpc) is 2.99. The van der Waals surface area contributed by atoms with Gasteiger partial charge in [-0.1, -0.05) is 6.07 Å². The van der Waals surface area contributed by atoms with Crippen molar-refractivity contribution in [1.82, 2.24) is 4.98 Å². The Morgan fingerprint density at radius 1 is 1.29 bits per heavy atom. The molecule has 4 rings (SSSR count). The van der Waals surface area contributed by atoms with Gasteiger partial charge in [-0.25, -0.2) is 0 Å². The molecule has 3 aromatic rings. The topological polar surface area (TPSA) is 42.2 Å². The summed E-state index contributed by atoms with van der Waals surface area (Å²) >= 11 is 1.87. The molecule has 1 unspecified atom stereocenters. The maximum absolute atomic E-state index is 6.44. The van der Waals surface area contributed by atoms with Crippen LogP contribution in [0.15, 0.2) is 42.0 Å². The van der Waals surface area contributed by atoms with E-state index in [1.807, 2.05) is 23.6 Å². The highest BCUT2D eigenvalue weighted by Crippen LogP contribution is 2.40. The minimum Gasteiger partial charge on any atom is -0.397 e. The van der Waals surface area contributed by atoms with Gasteiger partial charge in [0, 0.05) is 34.6 Å². The van der Waals surface area contributed by atoms with Crippen molar-refractivity contribution in [1.29, 1.82) is 0 Å². The second-order valence-electron chi connectivity index (χ2n) is 5.51. The summed E-state index contributed by atoms with van der Waals surface area (Å²) in [6.45, 7) is 3.29. The van der Waals surface area contributed by atoms with Gasteiger partial charge in [0.15, 0.2) is 0 Å². The summed E-state index contributed by atoms with van der Waals surface area (Å²) in [5.41, 5.74) is 9.88. The Morgan fingerprint density at radius 2 is 2.19 bits per heavy atom. The van der Waals surface area contributed by atoms with Crippen molar-refractivity contribution >= 4 is 33.5 Å². The molecule has 0 saturated heterocycles. The third-order valence-electron chi connectivity index (χ3n) is 4.43. The minimum atomic E-state index is 0.376. The maximum Gasteiger partial charge on any atom is 0.0632 e. The van der Waals surface area contributed by atoms with Gasteiger partial charge in [-0.2, -0.15) is 0 Å². The SMILES string of the molecule is CC1c2ccsc2CCN1c1ccc2cnccc2c1N. The van der Waals surface area contributed by atoms with Gasteiger partial charge in [0.05, 0.1) is 17.4 Å². The number of nitrogens with two attached hydrogens (primary N) is 1. The monoisotopic (exact) mass is 295 g/mol. The molecule has 0 aliphatic carbocycles. The molecule has 106 valence electrons. The van der Waals surface area contributed by atoms with Crippen molar-refractivity contribution in [3.63, 3.8) is 0 Å². The number of hydrogen-bond acceptors (Lipinski definition) is 4. The van der Waals surface area contributed by atoms with E-state index < -0.39 is 0 Å². The van der Waals surface area contributed by atoms with Crippen LogP contribution in [0.1, 0.15) is 23.4 Å². The van der Waals surface area contributed by atoms with Crippen molar-refractivity contribution in [2.75, 3.05) is 17.2 Å². The van der Waals surface area contributed by atoms with Crippen molar-refractivity contribution in [3.05, 3.63) is 52.5 Å². The molecule has 0 spiro atoms. The lowest BCUT2D eigenvalue weighted by molar-refractivity contribution is 0.634. The molecule has 0 bridgehead atoms. The molecule has 21 heavy (non-hydrogen) atoms. The van der Waals surface area contributed by atoms with Gasteiger partial charge >= 0.3 is 0 Å². The van der Waals surface area contributed by atoms with Crippen LogP contribution < -0.4 is 10.6 Å². The number of hydrogen-bond donors (Lipinski definition) is 1. The van der Waals surface area contributed by atoms with E-state index in [9.17, 15) is 0 Å². The fourth-order valence-electron chi connectivity index (χ4n) is 3.27. The van der Waals surface area contributed by atoms with Gasteiger partial charge in [0.25, 0.3) is 0 Å². The van der Waals surface area contributed by atoms with Crippen LogP contribution in [0.2, 0.25) is 0 Å². The summed E-state index contributed by atoms with van der Waals surface area (Å²) in [7, 11) is 0. The summed E-state index contributed by atoms with van der Waals surface area (Å²) in [5.74, 6) is 0. The Hall–Kier alpha value is -2.07. The first-order valence-corrected chi connectivity index (χ1v) is 8.09. The highest BCUT2D eigenvalue weighted by molar-refractivity contribution is 7.10. The van der Waals surface area contributed by atoms with Crippen LogP contribution in [0.4, 0.5) is 11.4 Å². The molecular weight excluding hydrogens is 278 g/mol. The highest BCUT2D eigenvalue weighted by atomic mass is 32.1. The Kier molecular flexibility index (Phi) is 2.86. The third-order valence-corrected chi connectivity index (χ3v) is 5.42. The molecule has 1 atom stereocenters. The van der Waals surface area contributed by atoms with E-state index in [1.54, 1.807) is 6.20 Å². The zero-order chi connectivity index (χ0) is 14.4. The molecule has 0 saturated carbocycles. The number of anilines is 2. The molecule has 2 aromatic heterocycles. The van der Waals surface area contributed by atoms with Gasteiger partial charge in [0.2, 0.25) is 0 Å². The van der Waals surface area contributed by atoms with Crippen LogP contribution in [0.25, 0.3) is 10.8 Å². The molecule has 1 aliphatic heterocycles. The van der Waals surface area contributed by atoms with Crippen LogP contribution in [0.3, 0.4) is 0 Å². The molecule has 0 radical (unpaired) electrons. The fraction of sp³-hybridized carbons (Fsp3) is 0.235. The van der Waals surface area contributed by atoms with E-state index in [0.29, 0.717) is 6.04 Å². The van der Waals surface area contributed by atoms with E-state index in [1.165, 1.54) is 10.4 Å². The lowest BCUT2D eigenvalue weighted by atomic mass is 9.99. The van der Waals surface area contributed by atoms with Crippen LogP contribution >= 0.6 is 11.3 Å². The quantitative estimate of drug-likeness (QED) is 0.690. The molecule has 3 nitrogen and oxygen atoms in total. The van der Waals surface area contributed by atoms with Crippen molar-refractivity contribution in [2.45, 2.75) is 19.4 Å². The summed E-state index contributed by atoms with van der Waals surface area (Å²) in [6.07, 6.45) is 4.77. The number of fused-ring (bicyclic) bond motifs is 2. The van der Waals surface area contributed by atoms with E-state index in [-0.39, 0.29) is 0 Å². The number of aromatic nitrogens is 1. The number of nitrogen functional groups attached to an aromatic ring is 1. The van der Waals surface area contributed by atoms with Gasteiger partial charge in [-0.05, 0) is 42.5 Å². The summed E-state index contributed by atoms with van der Waals surface area (Å²) in [5, 5.41) is 4.38. The smallest absolute Gasteiger partial charge is 0.0632 e. The lowest BCUT2D eigenvalue weighted by Crippen LogP contribution is -2.33. The van der Waals surface area contributed by atoms with E-state index >= 15 is 0 Å². The Morgan fingerprint density at radius 3 is 3.10 bits per heavy atom.